The summed E-state index contributed by atoms with van der Waals surface area (Å²) in [6.07, 6.45) is -14.0. The number of nitrogens with two attached hydrogens (primary N) is 2. The molecule has 4 amide bonds. The molecule has 2 fully saturated rings. The number of fused-ring (bicyclic) bond motifs is 2. The molecule has 2 aliphatic heterocycles. The van der Waals surface area contributed by atoms with Crippen LogP contribution in [-0.2, 0) is 91.8 Å². The molecule has 0 bridgehead atoms. The average molecular weight is 1780 g/mol. The predicted molar refractivity (Wildman–Crippen MR) is 389 cm³/mol. The summed E-state index contributed by atoms with van der Waals surface area (Å²) in [4.78, 5) is 176. The maximum Gasteiger partial charge on any atom is 0.481 e. The summed E-state index contributed by atoms with van der Waals surface area (Å²) in [5, 5.41) is 70.7. The molecule has 2 aliphatic rings. The number of hydrogen-bond acceptors (Lipinski definition) is 38. The number of ether oxygens (including phenoxy) is 2. The van der Waals surface area contributed by atoms with Crippen LogP contribution in [0.3, 0.4) is 0 Å². The van der Waals surface area contributed by atoms with Gasteiger partial charge in [-0.25, -0.2) is 57.3 Å². The molecule has 50 nitrogen and oxygen atoms in total. The van der Waals surface area contributed by atoms with Crippen LogP contribution in [0.15, 0.2) is 73.8 Å². The van der Waals surface area contributed by atoms with E-state index in [9.17, 15) is 126 Å². The van der Waals surface area contributed by atoms with Crippen molar-refractivity contribution in [3.8, 4) is 11.5 Å². The lowest BCUT2D eigenvalue weighted by molar-refractivity contribution is -0.137. The first-order valence-corrected chi connectivity index (χ1v) is 43.7. The first-order chi connectivity index (χ1) is 53.0. The van der Waals surface area contributed by atoms with Gasteiger partial charge in [-0.05, 0) is 48.5 Å². The predicted octanol–water partition coefficient (Wildman–Crippen LogP) is -0.632. The number of aliphatic hydroxyl groups excluding tert-OH is 4. The van der Waals surface area contributed by atoms with E-state index < -0.39 is 169 Å². The Morgan fingerprint density at radius 3 is 1.18 bits per heavy atom. The van der Waals surface area contributed by atoms with Gasteiger partial charge in [0.1, 0.15) is 84.0 Å². The number of phosphoric acid groups is 6. The first-order valence-electron chi connectivity index (χ1n) is 32.7. The molecule has 0 radical (unpaired) electrons. The lowest BCUT2D eigenvalue weighted by atomic mass is 9.87. The summed E-state index contributed by atoms with van der Waals surface area (Å²) in [5.41, 5.74) is 9.20. The van der Waals surface area contributed by atoms with Crippen LogP contribution in [0, 0.1) is 10.8 Å². The summed E-state index contributed by atoms with van der Waals surface area (Å²) in [6, 6.07) is 11.3. The fourth-order valence-electron chi connectivity index (χ4n) is 9.91. The van der Waals surface area contributed by atoms with Gasteiger partial charge in [0.15, 0.2) is 35.4 Å². The van der Waals surface area contributed by atoms with Crippen molar-refractivity contribution < 1.29 is 171 Å². The van der Waals surface area contributed by atoms with Crippen molar-refractivity contribution in [2.45, 2.75) is 102 Å². The quantitative estimate of drug-likeness (QED) is 0.0168. The van der Waals surface area contributed by atoms with E-state index in [1.807, 2.05) is 0 Å². The van der Waals surface area contributed by atoms with Gasteiger partial charge >= 0.3 is 46.9 Å². The lowest BCUT2D eigenvalue weighted by Gasteiger charge is -2.30. The molecule has 8 rings (SSSR count). The standard InChI is InChI=1S/2C28H40N7O18P3S/c2*1-28(2,22(39)25(40)31-8-7-18(37)30-9-10-57-27(41)15-3-5-16(36)6-4-15)12-50-56(47,48)53-55(45,46)49-11-17-21(52-54(42,43)44)20(38)26(51-17)35-14-34-19-23(29)32-13-33-24(19)35/h2*3-6,13-14,17,20-22,26,36,38-39H,7-12H2,1-2H3,(H,30,37)(H,31,40)(H,45,46)(H,47,48)(H2,29,32,33)(H2,42,43,44)/t2*17-,20-,21-,22+,26-/m11/s1. The molecule has 0 aliphatic carbocycles. The molecule has 0 spiro atoms. The number of benzene rings is 2. The van der Waals surface area contributed by atoms with Crippen molar-refractivity contribution >= 4 is 138 Å². The minimum Gasteiger partial charge on any atom is -0.508 e. The van der Waals surface area contributed by atoms with Gasteiger partial charge in [0.25, 0.3) is 0 Å². The highest BCUT2D eigenvalue weighted by atomic mass is 32.2. The second-order valence-electron chi connectivity index (χ2n) is 25.5. The van der Waals surface area contributed by atoms with Crippen molar-refractivity contribution in [3.05, 3.63) is 85.0 Å². The normalized spacial score (nSPS) is 21.4. The molecular weight excluding hydrogens is 1690 g/mol. The monoisotopic (exact) mass is 1770 g/mol. The Bertz CT molecular complexity index is 4390. The van der Waals surface area contributed by atoms with E-state index >= 15 is 0 Å². The number of aliphatic hydroxyl groups is 4. The molecule has 14 atom stereocenters. The number of carbonyl (C=O) groups excluding carboxylic acids is 6. The number of hydrogen-bond donors (Lipinski definition) is 20. The number of nitrogens with zero attached hydrogens (tertiary/aromatic N) is 8. The van der Waals surface area contributed by atoms with Crippen LogP contribution in [0.5, 0.6) is 11.5 Å². The highest BCUT2D eigenvalue weighted by Gasteiger charge is 2.53. The molecule has 58 heteroatoms. The Kier molecular flexibility index (Phi) is 33.2. The molecule has 6 aromatic rings. The second-order valence-corrected chi connectivity index (χ2v) is 36.1. The fraction of sp³-hybridized carbons (Fsp3) is 0.500. The summed E-state index contributed by atoms with van der Waals surface area (Å²) >= 11 is 1.90. The van der Waals surface area contributed by atoms with Crippen molar-refractivity contribution in [2.24, 2.45) is 10.8 Å². The van der Waals surface area contributed by atoms with E-state index in [1.165, 1.54) is 76.2 Å². The number of amides is 4. The Labute approximate surface area is 651 Å². The van der Waals surface area contributed by atoms with Gasteiger partial charge in [-0.15, -0.1) is 0 Å². The number of phenols is 2. The summed E-state index contributed by atoms with van der Waals surface area (Å²) in [7, 11) is -32.8. The maximum absolute atomic E-state index is 12.7. The molecule has 114 heavy (non-hydrogen) atoms. The SMILES string of the molecule is CC(C)(COP(=O)(O)OP(=O)(O)OC[C@H]1O[C@@H](n2cnc3c(N)ncnc32)[C@H](O)[C@@H]1OP(=O)(O)O)[C@@H](O)C(=O)NCCC(=O)NCCSC(=O)c1ccc(O)cc1.CC(C)(COP(=O)(O)OP(=O)(O)OC[C@H]1O[C@@H](n2cnc3c(N)ncnc32)[C@H](O)[C@@H]1OP(=O)(O)O)[C@@H](O)C(=O)NCCC(=O)NCCSC(=O)c1ccc(O)cc1. The highest BCUT2D eigenvalue weighted by Crippen LogP contribution is 2.63. The number of carbonyl (C=O) groups is 6. The average Bonchev–Trinajstić information content (AvgIpc) is 1.62. The summed E-state index contributed by atoms with van der Waals surface area (Å²) in [6.45, 7) is 0.663. The van der Waals surface area contributed by atoms with E-state index in [0.717, 1.165) is 58.0 Å². The minimum atomic E-state index is -5.58. The van der Waals surface area contributed by atoms with Gasteiger partial charge in [0.2, 0.25) is 33.9 Å². The molecular formula is C56H80N14O36P6S2. The lowest BCUT2D eigenvalue weighted by Crippen LogP contribution is -2.46. The number of imidazole rings is 2. The van der Waals surface area contributed by atoms with Crippen molar-refractivity contribution in [3.63, 3.8) is 0 Å². The number of phenolic OH excluding ortho intramolecular Hbond substituents is 2. The van der Waals surface area contributed by atoms with Gasteiger partial charge in [-0.3, -0.25) is 65.0 Å². The van der Waals surface area contributed by atoms with E-state index in [0.29, 0.717) is 11.1 Å². The van der Waals surface area contributed by atoms with Gasteiger partial charge in [0.05, 0.1) is 39.1 Å². The van der Waals surface area contributed by atoms with Gasteiger partial charge in [-0.2, -0.15) is 8.62 Å². The maximum atomic E-state index is 12.7. The van der Waals surface area contributed by atoms with Gasteiger partial charge in [0, 0.05) is 72.5 Å². The minimum absolute atomic E-state index is 0.0119. The molecule has 632 valence electrons. The molecule has 22 N–H and O–H groups in total. The third kappa shape index (κ3) is 28.2. The third-order valence-corrected chi connectivity index (χ3v) is 23.7. The van der Waals surface area contributed by atoms with Gasteiger partial charge in [-0.1, -0.05) is 51.2 Å². The number of anilines is 2. The van der Waals surface area contributed by atoms with Crippen LogP contribution in [-0.4, -0.2) is 256 Å². The van der Waals surface area contributed by atoms with E-state index in [-0.39, 0.29) is 106 Å². The number of rotatable bonds is 40. The topological polar surface area (TPSA) is 768 Å². The largest absolute Gasteiger partial charge is 0.508 e. The number of nitrogen functional groups attached to an aromatic ring is 2. The van der Waals surface area contributed by atoms with E-state index in [1.54, 1.807) is 0 Å². The van der Waals surface area contributed by atoms with Crippen LogP contribution in [0.2, 0.25) is 0 Å². The molecule has 0 saturated carbocycles. The molecule has 2 saturated heterocycles. The number of aromatic nitrogens is 8. The number of phosphoric ester groups is 6. The first kappa shape index (κ1) is 94.3. The molecule has 2 aromatic carbocycles. The van der Waals surface area contributed by atoms with E-state index in [4.69, 9.17) is 39.0 Å². The van der Waals surface area contributed by atoms with Crippen LogP contribution < -0.4 is 32.7 Å². The zero-order valence-electron chi connectivity index (χ0n) is 59.7. The zero-order valence-corrected chi connectivity index (χ0v) is 66.7. The fourth-order valence-corrected chi connectivity index (χ4v) is 17.0. The smallest absolute Gasteiger partial charge is 0.481 e. The van der Waals surface area contributed by atoms with Crippen LogP contribution in [0.25, 0.3) is 22.3 Å². The zero-order chi connectivity index (χ0) is 84.7. The van der Waals surface area contributed by atoms with Gasteiger partial charge < -0.3 is 112 Å². The molecule has 4 unspecified atom stereocenters. The van der Waals surface area contributed by atoms with Crippen LogP contribution >= 0.6 is 70.5 Å². The van der Waals surface area contributed by atoms with Crippen molar-refractivity contribution in [2.75, 3.05) is 75.6 Å². The Morgan fingerprint density at radius 2 is 0.842 bits per heavy atom. The van der Waals surface area contributed by atoms with Crippen molar-refractivity contribution in [1.29, 1.82) is 0 Å². The Balaban J connectivity index is 0.000000316. The third-order valence-electron chi connectivity index (χ3n) is 15.7. The van der Waals surface area contributed by atoms with Crippen molar-refractivity contribution in [1.82, 2.24) is 60.3 Å². The Hall–Kier alpha value is -6.84. The Morgan fingerprint density at radius 1 is 0.509 bits per heavy atom. The number of nitrogens with one attached hydrogen (secondary N) is 4. The van der Waals surface area contributed by atoms with Crippen LogP contribution in [0.1, 0.15) is 73.7 Å². The number of thioether (sulfide) groups is 2. The highest BCUT2D eigenvalue weighted by molar-refractivity contribution is 8.14. The van der Waals surface area contributed by atoms with Crippen LogP contribution in [0.4, 0.5) is 11.6 Å². The summed E-state index contributed by atoms with van der Waals surface area (Å²) in [5.74, 6) is -2.54. The summed E-state index contributed by atoms with van der Waals surface area (Å²) < 4.78 is 124. The molecule has 6 heterocycles. The van der Waals surface area contributed by atoms with E-state index in [2.05, 4.69) is 68.8 Å². The second kappa shape index (κ2) is 40.1. The number of aromatic hydroxyl groups is 2. The molecule has 4 aromatic heterocycles.